The molecule has 0 saturated heterocycles. The SMILES string of the molecule is CC(C)(C)c1ccc(N2B3c4sc5ccc(C(C)(C)C)cc5c4-n4c5ccc(C(C)(C)C)cc5c5c6c(c(c3c54)-c3cc4c(cc32)sc2cc3c(cc24)C(C)(C)CCC3(C)C)-c2ccccc2C6(C)C)cc1. The first-order valence-corrected chi connectivity index (χ1v) is 28.3. The van der Waals surface area contributed by atoms with E-state index in [1.807, 2.05) is 22.7 Å². The Kier molecular flexibility index (Phi) is 8.73. The van der Waals surface area contributed by atoms with E-state index in [1.54, 1.807) is 0 Å². The molecular formula is C67H67BN2S2. The van der Waals surface area contributed by atoms with Crippen LogP contribution < -0.4 is 15.1 Å². The van der Waals surface area contributed by atoms with Gasteiger partial charge in [-0.3, -0.25) is 0 Å². The Labute approximate surface area is 435 Å². The normalized spacial score (nSPS) is 17.3. The average Bonchev–Trinajstić information content (AvgIpc) is 4.04. The first-order valence-electron chi connectivity index (χ1n) is 26.7. The fraction of sp³-hybridized carbons (Fsp3) is 0.343. The largest absolute Gasteiger partial charge is 0.376 e. The number of benzene rings is 7. The third-order valence-electron chi connectivity index (χ3n) is 18.3. The molecule has 14 rings (SSSR count). The van der Waals surface area contributed by atoms with Crippen LogP contribution in [0.2, 0.25) is 0 Å². The Bertz CT molecular complexity index is 4070. The molecule has 3 aromatic heterocycles. The van der Waals surface area contributed by atoms with Crippen molar-refractivity contribution >= 4 is 103 Å². The van der Waals surface area contributed by atoms with E-state index in [2.05, 4.69) is 222 Å². The molecule has 0 N–H and O–H groups in total. The van der Waals surface area contributed by atoms with Crippen LogP contribution in [0.25, 0.3) is 80.0 Å². The predicted octanol–water partition coefficient (Wildman–Crippen LogP) is 18.2. The summed E-state index contributed by atoms with van der Waals surface area (Å²) in [6.07, 6.45) is 2.41. The van der Waals surface area contributed by atoms with E-state index in [-0.39, 0.29) is 39.3 Å². The topological polar surface area (TPSA) is 8.17 Å². The van der Waals surface area contributed by atoms with Gasteiger partial charge in [0, 0.05) is 68.2 Å². The molecule has 0 bridgehead atoms. The molecule has 360 valence electrons. The van der Waals surface area contributed by atoms with Crippen LogP contribution in [0.15, 0.2) is 109 Å². The number of aromatic nitrogens is 1. The van der Waals surface area contributed by atoms with Gasteiger partial charge < -0.3 is 9.38 Å². The van der Waals surface area contributed by atoms with E-state index in [4.69, 9.17) is 0 Å². The zero-order valence-corrected chi connectivity index (χ0v) is 46.7. The lowest BCUT2D eigenvalue weighted by Gasteiger charge is -2.42. The minimum atomic E-state index is -0.250. The van der Waals surface area contributed by atoms with Gasteiger partial charge in [-0.15, -0.1) is 22.7 Å². The van der Waals surface area contributed by atoms with Gasteiger partial charge in [0.15, 0.2) is 0 Å². The highest BCUT2D eigenvalue weighted by Crippen LogP contribution is 2.61. The van der Waals surface area contributed by atoms with Crippen molar-refractivity contribution in [2.24, 2.45) is 0 Å². The van der Waals surface area contributed by atoms with Crippen LogP contribution in [0.3, 0.4) is 0 Å². The Morgan fingerprint density at radius 3 is 1.79 bits per heavy atom. The van der Waals surface area contributed by atoms with Crippen molar-refractivity contribution in [3.63, 3.8) is 0 Å². The molecular weight excluding hydrogens is 908 g/mol. The molecule has 4 aliphatic rings. The monoisotopic (exact) mass is 974 g/mol. The molecule has 0 spiro atoms. The molecule has 0 fully saturated rings. The van der Waals surface area contributed by atoms with E-state index in [9.17, 15) is 0 Å². The summed E-state index contributed by atoms with van der Waals surface area (Å²) in [7, 11) is 0. The Morgan fingerprint density at radius 2 is 1.11 bits per heavy atom. The second-order valence-corrected chi connectivity index (χ2v) is 29.4. The summed E-state index contributed by atoms with van der Waals surface area (Å²) >= 11 is 4.02. The first-order chi connectivity index (χ1) is 33.8. The van der Waals surface area contributed by atoms with Gasteiger partial charge in [-0.25, -0.2) is 0 Å². The molecule has 2 nitrogen and oxygen atoms in total. The van der Waals surface area contributed by atoms with E-state index in [0.717, 1.165) is 0 Å². The molecule has 0 atom stereocenters. The van der Waals surface area contributed by atoms with Crippen molar-refractivity contribution in [3.8, 4) is 27.9 Å². The summed E-state index contributed by atoms with van der Waals surface area (Å²) in [4.78, 5) is 2.80. The number of hydrogen-bond donors (Lipinski definition) is 0. The van der Waals surface area contributed by atoms with Crippen LogP contribution in [0.5, 0.6) is 0 Å². The van der Waals surface area contributed by atoms with Crippen molar-refractivity contribution in [2.45, 2.75) is 149 Å². The summed E-state index contributed by atoms with van der Waals surface area (Å²) in [6, 6.07) is 44.5. The molecule has 7 aromatic carbocycles. The van der Waals surface area contributed by atoms with E-state index in [0.29, 0.717) is 0 Å². The predicted molar refractivity (Wildman–Crippen MR) is 317 cm³/mol. The van der Waals surface area contributed by atoms with Gasteiger partial charge in [0.1, 0.15) is 0 Å². The Morgan fingerprint density at radius 1 is 0.514 bits per heavy atom. The summed E-state index contributed by atoms with van der Waals surface area (Å²) < 4.78 is 8.32. The lowest BCUT2D eigenvalue weighted by molar-refractivity contribution is 0.332. The lowest BCUT2D eigenvalue weighted by atomic mass is 9.46. The van der Waals surface area contributed by atoms with Gasteiger partial charge in [-0.05, 0) is 162 Å². The van der Waals surface area contributed by atoms with Crippen molar-refractivity contribution in [3.05, 3.63) is 148 Å². The third-order valence-corrected chi connectivity index (χ3v) is 20.6. The minimum absolute atomic E-state index is 0.0000789. The fourth-order valence-corrected chi connectivity index (χ4v) is 16.4. The number of rotatable bonds is 1. The van der Waals surface area contributed by atoms with Crippen LogP contribution >= 0.6 is 22.7 Å². The minimum Gasteiger partial charge on any atom is -0.376 e. The first kappa shape index (κ1) is 45.0. The molecule has 0 radical (unpaired) electrons. The second kappa shape index (κ2) is 14.0. The molecule has 10 aromatic rings. The zero-order chi connectivity index (χ0) is 50.3. The van der Waals surface area contributed by atoms with Crippen molar-refractivity contribution in [2.75, 3.05) is 4.81 Å². The van der Waals surface area contributed by atoms with Gasteiger partial charge in [0.05, 0.1) is 16.7 Å². The zero-order valence-electron chi connectivity index (χ0n) is 45.1. The number of nitrogens with zero attached hydrogens (tertiary/aromatic N) is 2. The quantitative estimate of drug-likeness (QED) is 0.149. The van der Waals surface area contributed by atoms with Gasteiger partial charge in [-0.2, -0.15) is 0 Å². The lowest BCUT2D eigenvalue weighted by Crippen LogP contribution is -2.59. The van der Waals surface area contributed by atoms with E-state index >= 15 is 0 Å². The van der Waals surface area contributed by atoms with Crippen LogP contribution in [-0.2, 0) is 32.5 Å². The Hall–Kier alpha value is -5.62. The van der Waals surface area contributed by atoms with E-state index in [1.165, 1.54) is 153 Å². The maximum atomic E-state index is 2.80. The molecule has 0 unspecified atom stereocenters. The van der Waals surface area contributed by atoms with E-state index < -0.39 is 0 Å². The van der Waals surface area contributed by atoms with Crippen molar-refractivity contribution in [1.29, 1.82) is 0 Å². The van der Waals surface area contributed by atoms with Crippen molar-refractivity contribution in [1.82, 2.24) is 4.57 Å². The highest BCUT2D eigenvalue weighted by Gasteiger charge is 2.51. The summed E-state index contributed by atoms with van der Waals surface area (Å²) in [5.41, 5.74) is 23.8. The highest BCUT2D eigenvalue weighted by atomic mass is 32.1. The van der Waals surface area contributed by atoms with Crippen LogP contribution in [0, 0.1) is 0 Å². The standard InChI is InChI=1S/C67H67BN2S2/c1-62(2,3)36-20-24-39(25-21-36)70-50-35-53-41(42-33-47-48(34-52(42)71-53)66(12,13)29-28-65(47,10)11)32-44(50)55-54-40-18-16-17-19-46(40)67(14,15)57(54)56-43-30-37(63(4,5)6)22-26-49(43)69-59-45-31-38(64(7,8)9)23-27-51(45)72-61(59)68(70)58(55)60(56)69/h16-27,30-35H,28-29H2,1-15H3. The highest BCUT2D eigenvalue weighted by molar-refractivity contribution is 7.32. The molecule has 2 aliphatic heterocycles. The fourth-order valence-electron chi connectivity index (χ4n) is 14.0. The number of anilines is 2. The number of fused-ring (bicyclic) bond motifs is 19. The van der Waals surface area contributed by atoms with Gasteiger partial charge in [0.25, 0.3) is 0 Å². The maximum Gasteiger partial charge on any atom is 0.343 e. The number of hydrogen-bond acceptors (Lipinski definition) is 3. The summed E-state index contributed by atoms with van der Waals surface area (Å²) in [6.45, 7) is 36.1. The maximum absolute atomic E-state index is 2.80. The van der Waals surface area contributed by atoms with Gasteiger partial charge in [-0.1, -0.05) is 152 Å². The molecule has 5 heteroatoms. The Balaban J connectivity index is 1.22. The molecule has 0 saturated carbocycles. The molecule has 0 amide bonds. The van der Waals surface area contributed by atoms with Crippen molar-refractivity contribution < 1.29 is 0 Å². The number of thiophene rings is 2. The molecule has 5 heterocycles. The molecule has 72 heavy (non-hydrogen) atoms. The molecule has 2 aliphatic carbocycles. The summed E-state index contributed by atoms with van der Waals surface area (Å²) in [5.74, 6) is 0. The smallest absolute Gasteiger partial charge is 0.343 e. The average molecular weight is 975 g/mol. The van der Waals surface area contributed by atoms with Crippen LogP contribution in [0.4, 0.5) is 11.4 Å². The van der Waals surface area contributed by atoms with Crippen LogP contribution in [-0.4, -0.2) is 11.4 Å². The second-order valence-electron chi connectivity index (χ2n) is 27.2. The van der Waals surface area contributed by atoms with Crippen LogP contribution in [0.1, 0.15) is 156 Å². The summed E-state index contributed by atoms with van der Waals surface area (Å²) in [5, 5.41) is 6.95. The van der Waals surface area contributed by atoms with Gasteiger partial charge in [0.2, 0.25) is 0 Å². The van der Waals surface area contributed by atoms with Gasteiger partial charge >= 0.3 is 6.85 Å². The third kappa shape index (κ3) is 5.84.